The minimum absolute atomic E-state index is 0.0216. The second kappa shape index (κ2) is 6.12. The van der Waals surface area contributed by atoms with E-state index in [0.29, 0.717) is 12.6 Å². The van der Waals surface area contributed by atoms with Gasteiger partial charge in [-0.05, 0) is 14.0 Å². The topological polar surface area (TPSA) is 53.2 Å². The van der Waals surface area contributed by atoms with Gasteiger partial charge >= 0.3 is 0 Å². The van der Waals surface area contributed by atoms with Crippen molar-refractivity contribution in [3.05, 3.63) is 0 Å². The van der Waals surface area contributed by atoms with Crippen LogP contribution in [0.2, 0.25) is 0 Å². The molecule has 0 saturated heterocycles. The fourth-order valence-corrected chi connectivity index (χ4v) is 0.593. The van der Waals surface area contributed by atoms with Crippen LogP contribution in [-0.4, -0.2) is 39.1 Å². The Morgan fingerprint density at radius 2 is 2.09 bits per heavy atom. The van der Waals surface area contributed by atoms with Gasteiger partial charge in [0.2, 0.25) is 5.91 Å². The summed E-state index contributed by atoms with van der Waals surface area (Å²) in [6, 6.07) is 0.402. The maximum atomic E-state index is 10.7. The molecule has 0 radical (unpaired) electrons. The third kappa shape index (κ3) is 5.82. The predicted molar refractivity (Wildman–Crippen MR) is 45.5 cm³/mol. The zero-order valence-corrected chi connectivity index (χ0v) is 7.40. The van der Waals surface area contributed by atoms with E-state index in [9.17, 15) is 4.79 Å². The molecule has 0 aliphatic rings. The first-order valence-electron chi connectivity index (χ1n) is 3.79. The summed E-state index contributed by atoms with van der Waals surface area (Å²) in [5, 5.41) is 8.61. The quantitative estimate of drug-likeness (QED) is 0.479. The number of carbonyl (C=O) groups excluding carboxylic acids is 1. The molecule has 0 aliphatic heterocycles. The molecule has 11 heavy (non-hydrogen) atoms. The van der Waals surface area contributed by atoms with Gasteiger partial charge in [0.15, 0.2) is 0 Å². The first-order valence-corrected chi connectivity index (χ1v) is 3.79. The van der Waals surface area contributed by atoms with E-state index in [1.165, 1.54) is 0 Å². The highest BCUT2D eigenvalue weighted by Gasteiger charge is 1.98. The van der Waals surface area contributed by atoms with E-state index >= 15 is 0 Å². The molecular weight excluding hydrogens is 142 g/mol. The summed E-state index contributed by atoms with van der Waals surface area (Å²) in [7, 11) is 3.53. The Morgan fingerprint density at radius 3 is 2.55 bits per heavy atom. The van der Waals surface area contributed by atoms with Gasteiger partial charge in [-0.25, -0.2) is 0 Å². The van der Waals surface area contributed by atoms with E-state index < -0.39 is 0 Å². The van der Waals surface area contributed by atoms with Crippen molar-refractivity contribution < 1.29 is 4.79 Å². The molecule has 0 fully saturated rings. The molecule has 4 nitrogen and oxygen atoms in total. The second-order valence-electron chi connectivity index (χ2n) is 2.49. The molecular formula is C7H17N3O. The molecule has 1 unspecified atom stereocenters. The maximum Gasteiger partial charge on any atom is 0.233 e. The number of nitrogens with one attached hydrogen (secondary N) is 3. The van der Waals surface area contributed by atoms with E-state index in [2.05, 4.69) is 22.9 Å². The molecule has 0 rings (SSSR count). The first kappa shape index (κ1) is 10.4. The molecule has 0 aliphatic carbocycles. The van der Waals surface area contributed by atoms with Crippen LogP contribution in [0.3, 0.4) is 0 Å². The molecule has 1 amide bonds. The van der Waals surface area contributed by atoms with Gasteiger partial charge < -0.3 is 16.0 Å². The van der Waals surface area contributed by atoms with Crippen LogP contribution in [0.5, 0.6) is 0 Å². The standard InChI is InChI=1S/C7H17N3O/c1-6(8-2)4-10-5-7(11)9-3/h6,8,10H,4-5H2,1-3H3,(H,9,11). The largest absolute Gasteiger partial charge is 0.358 e. The number of likely N-dealkylation sites (N-methyl/N-ethyl adjacent to an activating group) is 2. The molecule has 0 aromatic rings. The van der Waals surface area contributed by atoms with Gasteiger partial charge in [-0.1, -0.05) is 0 Å². The summed E-state index contributed by atoms with van der Waals surface area (Å²) in [6.07, 6.45) is 0. The molecule has 3 N–H and O–H groups in total. The number of rotatable bonds is 5. The predicted octanol–water partition coefficient (Wildman–Crippen LogP) is -1.07. The number of hydrogen-bond donors (Lipinski definition) is 3. The molecule has 0 saturated carbocycles. The van der Waals surface area contributed by atoms with Crippen molar-refractivity contribution in [2.24, 2.45) is 0 Å². The normalized spacial score (nSPS) is 12.6. The van der Waals surface area contributed by atoms with E-state index in [1.807, 2.05) is 7.05 Å². The lowest BCUT2D eigenvalue weighted by Crippen LogP contribution is -2.39. The highest BCUT2D eigenvalue weighted by Crippen LogP contribution is 1.73. The Bertz CT molecular complexity index is 116. The lowest BCUT2D eigenvalue weighted by Gasteiger charge is -2.10. The van der Waals surface area contributed by atoms with Crippen molar-refractivity contribution in [3.63, 3.8) is 0 Å². The van der Waals surface area contributed by atoms with E-state index in [1.54, 1.807) is 7.05 Å². The third-order valence-electron chi connectivity index (χ3n) is 1.51. The lowest BCUT2D eigenvalue weighted by molar-refractivity contribution is -0.119. The zero-order chi connectivity index (χ0) is 8.69. The summed E-state index contributed by atoms with van der Waals surface area (Å²) in [6.45, 7) is 3.25. The van der Waals surface area contributed by atoms with E-state index in [0.717, 1.165) is 6.54 Å². The lowest BCUT2D eigenvalue weighted by atomic mass is 10.3. The Morgan fingerprint density at radius 1 is 1.45 bits per heavy atom. The monoisotopic (exact) mass is 159 g/mol. The fraction of sp³-hybridized carbons (Fsp3) is 0.857. The van der Waals surface area contributed by atoms with Crippen LogP contribution in [0.25, 0.3) is 0 Å². The smallest absolute Gasteiger partial charge is 0.233 e. The third-order valence-corrected chi connectivity index (χ3v) is 1.51. The Hall–Kier alpha value is -0.610. The average Bonchev–Trinajstić information content (AvgIpc) is 2.04. The summed E-state index contributed by atoms with van der Waals surface area (Å²) < 4.78 is 0. The maximum absolute atomic E-state index is 10.7. The molecule has 1 atom stereocenters. The highest BCUT2D eigenvalue weighted by molar-refractivity contribution is 5.77. The van der Waals surface area contributed by atoms with Crippen LogP contribution < -0.4 is 16.0 Å². The molecule has 0 aromatic carbocycles. The van der Waals surface area contributed by atoms with Crippen LogP contribution in [0.4, 0.5) is 0 Å². The summed E-state index contributed by atoms with van der Waals surface area (Å²) in [5.74, 6) is 0.0216. The summed E-state index contributed by atoms with van der Waals surface area (Å²) in [4.78, 5) is 10.7. The summed E-state index contributed by atoms with van der Waals surface area (Å²) >= 11 is 0. The SMILES string of the molecule is CNC(=O)CNCC(C)NC. The van der Waals surface area contributed by atoms with Crippen molar-refractivity contribution in [2.45, 2.75) is 13.0 Å². The van der Waals surface area contributed by atoms with Gasteiger partial charge in [0.25, 0.3) is 0 Å². The number of carbonyl (C=O) groups is 1. The molecule has 0 spiro atoms. The van der Waals surface area contributed by atoms with Crippen molar-refractivity contribution in [3.8, 4) is 0 Å². The Balaban J connectivity index is 3.20. The Labute approximate surface area is 67.7 Å². The summed E-state index contributed by atoms with van der Waals surface area (Å²) in [5.41, 5.74) is 0. The van der Waals surface area contributed by atoms with Crippen LogP contribution in [0.1, 0.15) is 6.92 Å². The average molecular weight is 159 g/mol. The van der Waals surface area contributed by atoms with Crippen LogP contribution in [0.15, 0.2) is 0 Å². The van der Waals surface area contributed by atoms with E-state index in [4.69, 9.17) is 0 Å². The zero-order valence-electron chi connectivity index (χ0n) is 7.40. The van der Waals surface area contributed by atoms with Gasteiger partial charge in [-0.15, -0.1) is 0 Å². The van der Waals surface area contributed by atoms with Gasteiger partial charge in [0.05, 0.1) is 6.54 Å². The van der Waals surface area contributed by atoms with Crippen molar-refractivity contribution >= 4 is 5.91 Å². The number of amides is 1. The van der Waals surface area contributed by atoms with Gasteiger partial charge in [0, 0.05) is 19.6 Å². The molecule has 66 valence electrons. The second-order valence-corrected chi connectivity index (χ2v) is 2.49. The minimum atomic E-state index is 0.0216. The minimum Gasteiger partial charge on any atom is -0.358 e. The Kier molecular flexibility index (Phi) is 5.78. The van der Waals surface area contributed by atoms with Crippen LogP contribution in [-0.2, 0) is 4.79 Å². The van der Waals surface area contributed by atoms with Crippen LogP contribution >= 0.6 is 0 Å². The van der Waals surface area contributed by atoms with E-state index in [-0.39, 0.29) is 5.91 Å². The van der Waals surface area contributed by atoms with Gasteiger partial charge in [-0.2, -0.15) is 0 Å². The molecule has 0 bridgehead atoms. The van der Waals surface area contributed by atoms with Crippen molar-refractivity contribution in [1.29, 1.82) is 0 Å². The van der Waals surface area contributed by atoms with Crippen molar-refractivity contribution in [2.75, 3.05) is 27.2 Å². The highest BCUT2D eigenvalue weighted by atomic mass is 16.1. The van der Waals surface area contributed by atoms with Crippen LogP contribution in [0, 0.1) is 0 Å². The molecule has 0 heterocycles. The van der Waals surface area contributed by atoms with Crippen molar-refractivity contribution in [1.82, 2.24) is 16.0 Å². The van der Waals surface area contributed by atoms with Gasteiger partial charge in [0.1, 0.15) is 0 Å². The van der Waals surface area contributed by atoms with Gasteiger partial charge in [-0.3, -0.25) is 4.79 Å². The molecule has 0 aromatic heterocycles. The fourth-order valence-electron chi connectivity index (χ4n) is 0.593. The first-order chi connectivity index (χ1) is 5.20. The molecule has 4 heteroatoms. The number of hydrogen-bond acceptors (Lipinski definition) is 3.